The van der Waals surface area contributed by atoms with E-state index in [-0.39, 0.29) is 5.54 Å². The molecule has 21 heavy (non-hydrogen) atoms. The van der Waals surface area contributed by atoms with Gasteiger partial charge in [0.25, 0.3) is 0 Å². The van der Waals surface area contributed by atoms with Crippen molar-refractivity contribution < 1.29 is 0 Å². The number of likely N-dealkylation sites (tertiary alicyclic amines) is 1. The quantitative estimate of drug-likeness (QED) is 0.923. The molecule has 1 unspecified atom stereocenters. The summed E-state index contributed by atoms with van der Waals surface area (Å²) in [6.45, 7) is 9.76. The Hall–Kier alpha value is -1.13. The minimum absolute atomic E-state index is 0.141. The first-order valence-corrected chi connectivity index (χ1v) is 7.96. The van der Waals surface area contributed by atoms with Crippen molar-refractivity contribution in [1.29, 1.82) is 0 Å². The fourth-order valence-electron chi connectivity index (χ4n) is 2.74. The normalized spacial score (nSPS) is 20.5. The van der Waals surface area contributed by atoms with Gasteiger partial charge in [-0.3, -0.25) is 0 Å². The van der Waals surface area contributed by atoms with E-state index in [2.05, 4.69) is 67.1 Å². The van der Waals surface area contributed by atoms with E-state index in [4.69, 9.17) is 0 Å². The first kappa shape index (κ1) is 16.2. The summed E-state index contributed by atoms with van der Waals surface area (Å²) in [6.07, 6.45) is 4.53. The van der Waals surface area contributed by atoms with Gasteiger partial charge >= 0.3 is 0 Å². The molecule has 0 radical (unpaired) electrons. The number of nitrogens with zero attached hydrogens (tertiary/aromatic N) is 3. The second-order valence-electron chi connectivity index (χ2n) is 7.30. The van der Waals surface area contributed by atoms with E-state index < -0.39 is 0 Å². The van der Waals surface area contributed by atoms with Gasteiger partial charge in [0.15, 0.2) is 0 Å². The van der Waals surface area contributed by atoms with Crippen LogP contribution < -0.4 is 10.2 Å². The molecule has 1 aromatic heterocycles. The van der Waals surface area contributed by atoms with E-state index in [0.29, 0.717) is 6.04 Å². The first-order valence-electron chi connectivity index (χ1n) is 7.96. The zero-order chi connectivity index (χ0) is 15.5. The van der Waals surface area contributed by atoms with Crippen molar-refractivity contribution in [2.24, 2.45) is 0 Å². The van der Waals surface area contributed by atoms with Gasteiger partial charge in [0.2, 0.25) is 0 Å². The summed E-state index contributed by atoms with van der Waals surface area (Å²) in [6, 6.07) is 4.91. The van der Waals surface area contributed by atoms with Crippen molar-refractivity contribution in [3.05, 3.63) is 23.9 Å². The Balaban J connectivity index is 1.94. The molecule has 1 atom stereocenters. The molecule has 0 aliphatic carbocycles. The monoisotopic (exact) mass is 290 g/mol. The lowest BCUT2D eigenvalue weighted by molar-refractivity contribution is 0.247. The van der Waals surface area contributed by atoms with Crippen molar-refractivity contribution in [2.75, 3.05) is 32.1 Å². The third kappa shape index (κ3) is 4.97. The Morgan fingerprint density at radius 2 is 2.14 bits per heavy atom. The summed E-state index contributed by atoms with van der Waals surface area (Å²) in [7, 11) is 4.37. The van der Waals surface area contributed by atoms with Gasteiger partial charge in [-0.25, -0.2) is 4.98 Å². The van der Waals surface area contributed by atoms with Crippen LogP contribution in [-0.4, -0.2) is 48.6 Å². The van der Waals surface area contributed by atoms with Crippen molar-refractivity contribution in [3.63, 3.8) is 0 Å². The Morgan fingerprint density at radius 3 is 2.71 bits per heavy atom. The molecule has 1 aliphatic heterocycles. The fraction of sp³-hybridized carbons (Fsp3) is 0.706. The summed E-state index contributed by atoms with van der Waals surface area (Å²) in [5.41, 5.74) is 1.38. The molecular formula is C17H30N4. The summed E-state index contributed by atoms with van der Waals surface area (Å²) in [5, 5.41) is 3.50. The molecule has 1 fully saturated rings. The third-order valence-corrected chi connectivity index (χ3v) is 4.14. The highest BCUT2D eigenvalue weighted by Gasteiger charge is 2.21. The lowest BCUT2D eigenvalue weighted by Gasteiger charge is -2.36. The molecule has 0 aromatic carbocycles. The third-order valence-electron chi connectivity index (χ3n) is 4.14. The molecular weight excluding hydrogens is 260 g/mol. The Morgan fingerprint density at radius 1 is 1.38 bits per heavy atom. The number of anilines is 1. The molecule has 1 saturated heterocycles. The summed E-state index contributed by atoms with van der Waals surface area (Å²) in [4.78, 5) is 9.39. The van der Waals surface area contributed by atoms with Gasteiger partial charge in [0.05, 0.1) is 0 Å². The summed E-state index contributed by atoms with van der Waals surface area (Å²) in [5.74, 6) is 1.08. The standard InChI is InChI=1S/C17H30N4/c1-17(2,3)19-12-14-8-9-16(18-11-14)21(5)15-7-6-10-20(4)13-15/h8-9,11,15,19H,6-7,10,12-13H2,1-5H3. The van der Waals surface area contributed by atoms with Crippen LogP contribution in [0.4, 0.5) is 5.82 Å². The van der Waals surface area contributed by atoms with Crippen LogP contribution in [0, 0.1) is 0 Å². The van der Waals surface area contributed by atoms with E-state index in [1.165, 1.54) is 24.9 Å². The summed E-state index contributed by atoms with van der Waals surface area (Å²) < 4.78 is 0. The molecule has 118 valence electrons. The zero-order valence-corrected chi connectivity index (χ0v) is 14.2. The zero-order valence-electron chi connectivity index (χ0n) is 14.2. The smallest absolute Gasteiger partial charge is 0.128 e. The molecule has 0 amide bonds. The predicted molar refractivity (Wildman–Crippen MR) is 89.8 cm³/mol. The highest BCUT2D eigenvalue weighted by Crippen LogP contribution is 2.19. The van der Waals surface area contributed by atoms with E-state index in [1.54, 1.807) is 0 Å². The maximum absolute atomic E-state index is 4.65. The molecule has 1 aromatic rings. The van der Waals surface area contributed by atoms with Crippen LogP contribution in [0.15, 0.2) is 18.3 Å². The second-order valence-corrected chi connectivity index (χ2v) is 7.30. The van der Waals surface area contributed by atoms with E-state index in [1.807, 2.05) is 6.20 Å². The van der Waals surface area contributed by atoms with Gasteiger partial charge in [-0.15, -0.1) is 0 Å². The highest BCUT2D eigenvalue weighted by molar-refractivity contribution is 5.39. The van der Waals surface area contributed by atoms with Crippen LogP contribution in [0.1, 0.15) is 39.2 Å². The van der Waals surface area contributed by atoms with Crippen molar-refractivity contribution in [1.82, 2.24) is 15.2 Å². The molecule has 0 bridgehead atoms. The van der Waals surface area contributed by atoms with Gasteiger partial charge in [-0.05, 0) is 58.8 Å². The van der Waals surface area contributed by atoms with E-state index in [0.717, 1.165) is 18.9 Å². The average molecular weight is 290 g/mol. The molecule has 2 heterocycles. The number of piperidine rings is 1. The van der Waals surface area contributed by atoms with Crippen LogP contribution in [0.5, 0.6) is 0 Å². The first-order chi connectivity index (χ1) is 9.85. The van der Waals surface area contributed by atoms with Gasteiger partial charge in [0, 0.05) is 37.9 Å². The second kappa shape index (κ2) is 6.75. The number of likely N-dealkylation sites (N-methyl/N-ethyl adjacent to an activating group) is 2. The Labute approximate surface area is 129 Å². The number of hydrogen-bond donors (Lipinski definition) is 1. The fourth-order valence-corrected chi connectivity index (χ4v) is 2.74. The lowest BCUT2D eigenvalue weighted by atomic mass is 10.1. The Kier molecular flexibility index (Phi) is 5.22. The van der Waals surface area contributed by atoms with Gasteiger partial charge in [-0.1, -0.05) is 6.07 Å². The van der Waals surface area contributed by atoms with Gasteiger partial charge in [-0.2, -0.15) is 0 Å². The van der Waals surface area contributed by atoms with Crippen LogP contribution in [0.2, 0.25) is 0 Å². The highest BCUT2D eigenvalue weighted by atomic mass is 15.2. The predicted octanol–water partition coefficient (Wildman–Crippen LogP) is 2.50. The maximum atomic E-state index is 4.65. The van der Waals surface area contributed by atoms with E-state index in [9.17, 15) is 0 Å². The lowest BCUT2D eigenvalue weighted by Crippen LogP contribution is -2.45. The molecule has 2 rings (SSSR count). The van der Waals surface area contributed by atoms with Crippen LogP contribution >= 0.6 is 0 Å². The molecule has 4 heteroatoms. The van der Waals surface area contributed by atoms with Crippen LogP contribution in [-0.2, 0) is 6.54 Å². The molecule has 0 spiro atoms. The number of nitrogens with one attached hydrogen (secondary N) is 1. The van der Waals surface area contributed by atoms with Gasteiger partial charge < -0.3 is 15.1 Å². The van der Waals surface area contributed by atoms with Crippen LogP contribution in [0.25, 0.3) is 0 Å². The van der Waals surface area contributed by atoms with Gasteiger partial charge in [0.1, 0.15) is 5.82 Å². The SMILES string of the molecule is CN1CCCC(N(C)c2ccc(CNC(C)(C)C)cn2)C1. The van der Waals surface area contributed by atoms with Crippen LogP contribution in [0.3, 0.4) is 0 Å². The molecule has 1 aliphatic rings. The average Bonchev–Trinajstić information content (AvgIpc) is 2.44. The Bertz CT molecular complexity index is 435. The maximum Gasteiger partial charge on any atom is 0.128 e. The minimum Gasteiger partial charge on any atom is -0.355 e. The number of aromatic nitrogens is 1. The number of hydrogen-bond acceptors (Lipinski definition) is 4. The van der Waals surface area contributed by atoms with Crippen molar-refractivity contribution in [2.45, 2.75) is 51.7 Å². The topological polar surface area (TPSA) is 31.4 Å². The number of pyridine rings is 1. The van der Waals surface area contributed by atoms with Crippen molar-refractivity contribution >= 4 is 5.82 Å². The van der Waals surface area contributed by atoms with E-state index >= 15 is 0 Å². The molecule has 4 nitrogen and oxygen atoms in total. The molecule has 1 N–H and O–H groups in total. The van der Waals surface area contributed by atoms with Crippen molar-refractivity contribution in [3.8, 4) is 0 Å². The molecule has 0 saturated carbocycles. The number of rotatable bonds is 4. The minimum atomic E-state index is 0.141. The summed E-state index contributed by atoms with van der Waals surface area (Å²) >= 11 is 0. The largest absolute Gasteiger partial charge is 0.355 e.